The molecular weight excluding hydrogens is 266 g/mol. The Kier molecular flexibility index (Phi) is 4.60. The number of nitrogens with zero attached hydrogens (tertiary/aromatic N) is 1. The number of benzene rings is 1. The number of carboxylic acid groups (broad SMARTS) is 1. The lowest BCUT2D eigenvalue weighted by Gasteiger charge is -2.07. The van der Waals surface area contributed by atoms with Gasteiger partial charge in [-0.3, -0.25) is 4.79 Å². The van der Waals surface area contributed by atoms with Crippen LogP contribution in [0.15, 0.2) is 28.6 Å². The van der Waals surface area contributed by atoms with Crippen LogP contribution in [-0.4, -0.2) is 21.8 Å². The maximum Gasteiger partial charge on any atom is 0.303 e. The summed E-state index contributed by atoms with van der Waals surface area (Å²) in [4.78, 5) is 15.0. The molecule has 2 rings (SSSR count). The van der Waals surface area contributed by atoms with Crippen LogP contribution in [0.2, 0.25) is 0 Å². The number of aliphatic carboxylic acids is 1. The van der Waals surface area contributed by atoms with Crippen LogP contribution in [0, 0.1) is 5.92 Å². The third-order valence-corrected chi connectivity index (χ3v) is 5.13. The Morgan fingerprint density at radius 1 is 1.50 bits per heavy atom. The molecule has 0 aliphatic carbocycles. The number of thiazole rings is 1. The molecule has 0 amide bonds. The van der Waals surface area contributed by atoms with Crippen molar-refractivity contribution in [2.75, 3.05) is 5.75 Å². The summed E-state index contributed by atoms with van der Waals surface area (Å²) < 4.78 is 2.27. The number of carbonyl (C=O) groups is 1. The van der Waals surface area contributed by atoms with Crippen molar-refractivity contribution in [1.29, 1.82) is 0 Å². The molecule has 0 aliphatic rings. The summed E-state index contributed by atoms with van der Waals surface area (Å²) in [5, 5.41) is 8.63. The number of aromatic nitrogens is 1. The maximum atomic E-state index is 10.5. The summed E-state index contributed by atoms with van der Waals surface area (Å²) >= 11 is 3.42. The van der Waals surface area contributed by atoms with E-state index in [-0.39, 0.29) is 6.42 Å². The first-order chi connectivity index (χ1) is 8.65. The van der Waals surface area contributed by atoms with E-state index in [1.54, 1.807) is 23.1 Å². The van der Waals surface area contributed by atoms with Crippen LogP contribution in [-0.2, 0) is 4.79 Å². The van der Waals surface area contributed by atoms with Gasteiger partial charge >= 0.3 is 5.97 Å². The van der Waals surface area contributed by atoms with Crippen LogP contribution in [0.25, 0.3) is 10.2 Å². The van der Waals surface area contributed by atoms with E-state index in [0.29, 0.717) is 5.92 Å². The molecule has 1 unspecified atom stereocenters. The molecule has 1 heterocycles. The molecule has 1 aromatic carbocycles. The van der Waals surface area contributed by atoms with Gasteiger partial charge in [0, 0.05) is 12.2 Å². The minimum absolute atomic E-state index is 0.252. The topological polar surface area (TPSA) is 50.2 Å². The number of fused-ring (bicyclic) bond motifs is 1. The Bertz CT molecular complexity index is 506. The van der Waals surface area contributed by atoms with E-state index in [2.05, 4.69) is 18.0 Å². The van der Waals surface area contributed by atoms with E-state index in [9.17, 15) is 4.79 Å². The van der Waals surface area contributed by atoms with Crippen LogP contribution in [0.1, 0.15) is 19.8 Å². The summed E-state index contributed by atoms with van der Waals surface area (Å²) in [5.41, 5.74) is 1.04. The molecule has 0 aliphatic heterocycles. The normalized spacial score (nSPS) is 12.7. The monoisotopic (exact) mass is 281 g/mol. The molecule has 18 heavy (non-hydrogen) atoms. The molecule has 0 radical (unpaired) electrons. The van der Waals surface area contributed by atoms with Gasteiger partial charge in [0.05, 0.1) is 10.2 Å². The van der Waals surface area contributed by atoms with Gasteiger partial charge in [0.1, 0.15) is 0 Å². The number of hydrogen-bond acceptors (Lipinski definition) is 4. The standard InChI is InChI=1S/C13H15NO2S2/c1-9(6-7-12(15)16)8-17-13-14-10-4-2-3-5-11(10)18-13/h2-5,9H,6-8H2,1H3,(H,15,16). The van der Waals surface area contributed by atoms with Crippen molar-refractivity contribution in [1.82, 2.24) is 4.98 Å². The van der Waals surface area contributed by atoms with Crippen molar-refractivity contribution in [3.63, 3.8) is 0 Å². The first-order valence-electron chi connectivity index (χ1n) is 5.85. The van der Waals surface area contributed by atoms with Gasteiger partial charge in [0.25, 0.3) is 0 Å². The fourth-order valence-corrected chi connectivity index (χ4v) is 3.74. The van der Waals surface area contributed by atoms with Crippen molar-refractivity contribution in [2.45, 2.75) is 24.1 Å². The quantitative estimate of drug-likeness (QED) is 0.816. The first-order valence-corrected chi connectivity index (χ1v) is 7.65. The van der Waals surface area contributed by atoms with E-state index in [1.807, 2.05) is 18.2 Å². The molecule has 1 atom stereocenters. The van der Waals surface area contributed by atoms with Gasteiger partial charge in [-0.05, 0) is 24.5 Å². The molecule has 0 bridgehead atoms. The van der Waals surface area contributed by atoms with Crippen molar-refractivity contribution >= 4 is 39.3 Å². The zero-order chi connectivity index (χ0) is 13.0. The Morgan fingerprint density at radius 2 is 2.28 bits per heavy atom. The van der Waals surface area contributed by atoms with Gasteiger partial charge in [-0.25, -0.2) is 4.98 Å². The maximum absolute atomic E-state index is 10.5. The third kappa shape index (κ3) is 3.71. The number of hydrogen-bond donors (Lipinski definition) is 1. The second-order valence-electron chi connectivity index (χ2n) is 4.30. The second kappa shape index (κ2) is 6.20. The number of carboxylic acids is 1. The van der Waals surface area contributed by atoms with E-state index in [4.69, 9.17) is 5.11 Å². The van der Waals surface area contributed by atoms with Gasteiger partial charge in [0.15, 0.2) is 4.34 Å². The van der Waals surface area contributed by atoms with E-state index >= 15 is 0 Å². The Hall–Kier alpha value is -1.07. The van der Waals surface area contributed by atoms with E-state index in [1.165, 1.54) is 4.70 Å². The molecule has 0 fully saturated rings. The fourth-order valence-electron chi connectivity index (χ4n) is 1.58. The van der Waals surface area contributed by atoms with Crippen LogP contribution in [0.3, 0.4) is 0 Å². The molecule has 3 nitrogen and oxygen atoms in total. The smallest absolute Gasteiger partial charge is 0.303 e. The third-order valence-electron chi connectivity index (χ3n) is 2.62. The van der Waals surface area contributed by atoms with Crippen molar-refractivity contribution in [3.05, 3.63) is 24.3 Å². The van der Waals surface area contributed by atoms with Crippen molar-refractivity contribution in [3.8, 4) is 0 Å². The first kappa shape index (κ1) is 13.4. The highest BCUT2D eigenvalue weighted by molar-refractivity contribution is 8.01. The Morgan fingerprint density at radius 3 is 3.00 bits per heavy atom. The molecule has 96 valence electrons. The minimum atomic E-state index is -0.716. The molecule has 0 saturated heterocycles. The average Bonchev–Trinajstić information content (AvgIpc) is 2.76. The number of thioether (sulfide) groups is 1. The Balaban J connectivity index is 1.87. The predicted molar refractivity (Wildman–Crippen MR) is 76.4 cm³/mol. The second-order valence-corrected chi connectivity index (χ2v) is 6.59. The molecule has 0 spiro atoms. The number of para-hydroxylation sites is 1. The van der Waals surface area contributed by atoms with Gasteiger partial charge < -0.3 is 5.11 Å². The zero-order valence-corrected chi connectivity index (χ0v) is 11.8. The van der Waals surface area contributed by atoms with Crippen LogP contribution >= 0.6 is 23.1 Å². The lowest BCUT2D eigenvalue weighted by atomic mass is 10.1. The summed E-state index contributed by atoms with van der Waals surface area (Å²) in [7, 11) is 0. The summed E-state index contributed by atoms with van der Waals surface area (Å²) in [6.07, 6.45) is 0.981. The van der Waals surface area contributed by atoms with Crippen molar-refractivity contribution in [2.24, 2.45) is 5.92 Å². The van der Waals surface area contributed by atoms with Gasteiger partial charge in [-0.1, -0.05) is 30.8 Å². The molecular formula is C13H15NO2S2. The molecule has 2 aromatic rings. The summed E-state index contributed by atoms with van der Waals surface area (Å²) in [6.45, 7) is 2.09. The van der Waals surface area contributed by atoms with Gasteiger partial charge in [0.2, 0.25) is 0 Å². The largest absolute Gasteiger partial charge is 0.481 e. The van der Waals surface area contributed by atoms with Crippen LogP contribution in [0.4, 0.5) is 0 Å². The highest BCUT2D eigenvalue weighted by Gasteiger charge is 2.09. The predicted octanol–water partition coefficient (Wildman–Crippen LogP) is 3.89. The Labute approximate surface area is 114 Å². The van der Waals surface area contributed by atoms with E-state index < -0.39 is 5.97 Å². The van der Waals surface area contributed by atoms with Gasteiger partial charge in [-0.2, -0.15) is 0 Å². The SMILES string of the molecule is CC(CCC(=O)O)CSc1nc2ccccc2s1. The van der Waals surface area contributed by atoms with Crippen LogP contribution < -0.4 is 0 Å². The minimum Gasteiger partial charge on any atom is -0.481 e. The molecule has 5 heteroatoms. The van der Waals surface area contributed by atoms with Crippen LogP contribution in [0.5, 0.6) is 0 Å². The number of rotatable bonds is 6. The summed E-state index contributed by atoms with van der Waals surface area (Å²) in [6, 6.07) is 8.10. The average molecular weight is 281 g/mol. The molecule has 0 saturated carbocycles. The van der Waals surface area contributed by atoms with Crippen molar-refractivity contribution < 1.29 is 9.90 Å². The van der Waals surface area contributed by atoms with E-state index in [0.717, 1.165) is 22.0 Å². The highest BCUT2D eigenvalue weighted by atomic mass is 32.2. The highest BCUT2D eigenvalue weighted by Crippen LogP contribution is 2.30. The zero-order valence-electron chi connectivity index (χ0n) is 10.1. The molecule has 1 N–H and O–H groups in total. The fraction of sp³-hybridized carbons (Fsp3) is 0.385. The summed E-state index contributed by atoms with van der Waals surface area (Å²) in [5.74, 6) is 0.609. The lowest BCUT2D eigenvalue weighted by Crippen LogP contribution is -2.03. The van der Waals surface area contributed by atoms with Gasteiger partial charge in [-0.15, -0.1) is 11.3 Å². The molecule has 1 aromatic heterocycles. The lowest BCUT2D eigenvalue weighted by molar-refractivity contribution is -0.137.